The van der Waals surface area contributed by atoms with E-state index in [4.69, 9.17) is 19.4 Å². The summed E-state index contributed by atoms with van der Waals surface area (Å²) < 4.78 is 2.03. The third-order valence-electron chi connectivity index (χ3n) is 11.1. The number of aryl methyl sites for hydroxylation is 2. The van der Waals surface area contributed by atoms with Crippen molar-refractivity contribution in [1.29, 1.82) is 0 Å². The van der Waals surface area contributed by atoms with Gasteiger partial charge in [0.25, 0.3) is 0 Å². The number of halogens is 2. The van der Waals surface area contributed by atoms with Gasteiger partial charge in [0, 0.05) is 11.2 Å². The summed E-state index contributed by atoms with van der Waals surface area (Å²) >= 11 is -1.85. The molecule has 1 saturated heterocycles. The molecule has 286 valence electrons. The van der Waals surface area contributed by atoms with Crippen LogP contribution in [0.1, 0.15) is 116 Å². The zero-order valence-corrected chi connectivity index (χ0v) is 36.4. The molecule has 0 amide bonds. The molecule has 1 heterocycles. The van der Waals surface area contributed by atoms with Gasteiger partial charge in [0.2, 0.25) is 0 Å². The molecule has 1 spiro atoms. The molecule has 1 aliphatic carbocycles. The Labute approximate surface area is 339 Å². The molecule has 2 aliphatic rings. The van der Waals surface area contributed by atoms with Gasteiger partial charge in [-0.25, -0.2) is 6.54 Å². The molecule has 7 rings (SSSR count). The van der Waals surface area contributed by atoms with Crippen LogP contribution >= 0.6 is 19.4 Å². The van der Waals surface area contributed by atoms with Gasteiger partial charge < -0.3 is 4.90 Å². The first-order valence-corrected chi connectivity index (χ1v) is 24.9. The summed E-state index contributed by atoms with van der Waals surface area (Å²) in [6.45, 7) is 21.7. The molecule has 0 unspecified atom stereocenters. The second kappa shape index (κ2) is 17.8. The van der Waals surface area contributed by atoms with E-state index in [-0.39, 0.29) is 11.0 Å². The second-order valence-corrected chi connectivity index (χ2v) is 22.2. The molecule has 0 saturated carbocycles. The van der Waals surface area contributed by atoms with E-state index in [0.29, 0.717) is 11.8 Å². The van der Waals surface area contributed by atoms with Crippen LogP contribution in [0.25, 0.3) is 0 Å². The molecule has 5 aromatic carbocycles. The van der Waals surface area contributed by atoms with Gasteiger partial charge in [0.1, 0.15) is 0 Å². The average molecular weight is 846 g/mol. The van der Waals surface area contributed by atoms with Crippen LogP contribution in [0.5, 0.6) is 0 Å². The number of hydrogen-bond donors (Lipinski definition) is 0. The first kappa shape index (κ1) is 40.6. The fraction of sp³-hybridized carbons (Fsp3) is 0.347. The first-order chi connectivity index (χ1) is 25.8. The van der Waals surface area contributed by atoms with Crippen molar-refractivity contribution in [1.82, 2.24) is 4.90 Å². The van der Waals surface area contributed by atoms with Crippen LogP contribution in [0.3, 0.4) is 0 Å². The minimum absolute atomic E-state index is 0.111. The van der Waals surface area contributed by atoms with Crippen LogP contribution in [0.15, 0.2) is 121 Å². The number of para-hydroxylation sites is 1. The van der Waals surface area contributed by atoms with Crippen molar-refractivity contribution in [3.05, 3.63) is 178 Å². The normalized spacial score (nSPS) is 17.6. The van der Waals surface area contributed by atoms with Crippen LogP contribution < -0.4 is 4.90 Å². The number of hydrogen-bond acceptors (Lipinski definition) is 2. The molecule has 54 heavy (non-hydrogen) atoms. The molecule has 0 bridgehead atoms. The summed E-state index contributed by atoms with van der Waals surface area (Å²) in [5.74, 6) is 1.04. The van der Waals surface area contributed by atoms with Crippen LogP contribution in [-0.2, 0) is 45.0 Å². The van der Waals surface area contributed by atoms with Gasteiger partial charge in [0.05, 0.1) is 0 Å². The van der Waals surface area contributed by atoms with E-state index in [0.717, 1.165) is 25.2 Å². The number of fused-ring (bicyclic) bond motifs is 2. The number of nitrogens with zero attached hydrogens (tertiary/aromatic N) is 2. The molecule has 0 radical (unpaired) electrons. The summed E-state index contributed by atoms with van der Waals surface area (Å²) in [4.78, 5) is 5.12. The fourth-order valence-corrected chi connectivity index (χ4v) is 10.5. The fourth-order valence-electron chi connectivity index (χ4n) is 8.62. The molecule has 0 N–H and O–H groups in total. The molecule has 1 fully saturated rings. The van der Waals surface area contributed by atoms with Crippen molar-refractivity contribution in [2.75, 3.05) is 4.90 Å². The Balaban J connectivity index is 0.000000185. The Morgan fingerprint density at radius 3 is 1.89 bits per heavy atom. The summed E-state index contributed by atoms with van der Waals surface area (Å²) in [7, 11) is 12.2. The van der Waals surface area contributed by atoms with E-state index < -0.39 is 13.5 Å². The molecular weight excluding hydrogens is 789 g/mol. The predicted molar refractivity (Wildman–Crippen MR) is 230 cm³/mol. The Hall–Kier alpha value is -3.07. The number of anilines is 1. The van der Waals surface area contributed by atoms with E-state index in [1.165, 1.54) is 58.3 Å². The molecular formula is C49H57Cl2N2Ru-. The predicted octanol–water partition coefficient (Wildman–Crippen LogP) is 13.2. The van der Waals surface area contributed by atoms with Crippen molar-refractivity contribution in [2.45, 2.75) is 110 Å². The van der Waals surface area contributed by atoms with E-state index in [2.05, 4.69) is 180 Å². The maximum atomic E-state index is 6.12. The Morgan fingerprint density at radius 2 is 1.31 bits per heavy atom. The third kappa shape index (κ3) is 9.65. The third-order valence-corrected chi connectivity index (χ3v) is 13.0. The summed E-state index contributed by atoms with van der Waals surface area (Å²) in [6, 6.07) is 43.6. The van der Waals surface area contributed by atoms with Gasteiger partial charge in [-0.1, -0.05) is 81.6 Å². The summed E-state index contributed by atoms with van der Waals surface area (Å²) in [5, 5.41) is 0. The van der Waals surface area contributed by atoms with Gasteiger partial charge in [0.15, 0.2) is 0 Å². The Bertz CT molecular complexity index is 1970. The monoisotopic (exact) mass is 845 g/mol. The minimum atomic E-state index is -1.85. The molecule has 5 heteroatoms. The Morgan fingerprint density at radius 1 is 0.741 bits per heavy atom. The standard InChI is InChI=1S/C27H36N.C22H21N.2ClH.Ru/c1-18(2)22-9-8-10-23(19(3)4)25(22)28-17-27(16-26(28,6)7)14-13-21-12-11-20(5)15-24(21)27;1-19-10-8-9-15-22(19)18-23(16-20-11-4-2-5-12-20)17-21-13-6-3-7-14-21;;;/h8-12,15,17-19H,13-14,16H2,1-7H3;1-15H,16-18H2;2*1H;/q-1;;;;+2/p-2/t27-;;;;/m0..../s1. The SMILES string of the molecule is Cc1ccc2c(c1)[C@@]1([CH-]N(c3c(C(C)C)cccc3C(C)C)C(C)(C)C1)CC2.[Cl][Ru]([Cl])=[CH]c1ccccc1CN(Cc1ccccc1)Cc1ccccc1. The van der Waals surface area contributed by atoms with E-state index in [1.54, 1.807) is 11.1 Å². The Kier molecular flexibility index (Phi) is 13.4. The van der Waals surface area contributed by atoms with Crippen LogP contribution in [-0.4, -0.2) is 15.0 Å². The van der Waals surface area contributed by atoms with Crippen molar-refractivity contribution in [2.24, 2.45) is 0 Å². The van der Waals surface area contributed by atoms with Crippen molar-refractivity contribution in [3.63, 3.8) is 0 Å². The van der Waals surface area contributed by atoms with E-state index >= 15 is 0 Å². The van der Waals surface area contributed by atoms with Crippen molar-refractivity contribution < 1.29 is 13.5 Å². The van der Waals surface area contributed by atoms with Gasteiger partial charge in [-0.3, -0.25) is 0 Å². The maximum absolute atomic E-state index is 6.12. The van der Waals surface area contributed by atoms with Crippen molar-refractivity contribution >= 4 is 29.7 Å². The van der Waals surface area contributed by atoms with Gasteiger partial charge in [-0.2, -0.15) is 0 Å². The van der Waals surface area contributed by atoms with E-state index in [1.807, 2.05) is 10.7 Å². The van der Waals surface area contributed by atoms with Crippen molar-refractivity contribution in [3.8, 4) is 0 Å². The molecule has 5 aromatic rings. The average Bonchev–Trinajstić information content (AvgIpc) is 3.62. The molecule has 2 nitrogen and oxygen atoms in total. The van der Waals surface area contributed by atoms with E-state index in [9.17, 15) is 0 Å². The number of benzene rings is 5. The zero-order chi connectivity index (χ0) is 38.5. The summed E-state index contributed by atoms with van der Waals surface area (Å²) in [6.07, 6.45) is 3.64. The van der Waals surface area contributed by atoms with Gasteiger partial charge >= 0.3 is 169 Å². The molecule has 1 atom stereocenters. The van der Waals surface area contributed by atoms with Gasteiger partial charge in [-0.05, 0) is 62.1 Å². The topological polar surface area (TPSA) is 6.48 Å². The molecule has 0 aromatic heterocycles. The zero-order valence-electron chi connectivity index (χ0n) is 33.1. The van der Waals surface area contributed by atoms with Crippen LogP contribution in [0.2, 0.25) is 0 Å². The molecule has 1 aliphatic heterocycles. The summed E-state index contributed by atoms with van der Waals surface area (Å²) in [5.41, 5.74) is 14.3. The van der Waals surface area contributed by atoms with Gasteiger partial charge in [-0.15, -0.1) is 5.41 Å². The second-order valence-electron chi connectivity index (χ2n) is 16.5. The first-order valence-electron chi connectivity index (χ1n) is 19.4. The van der Waals surface area contributed by atoms with Crippen LogP contribution in [0, 0.1) is 13.5 Å². The quantitative estimate of drug-likeness (QED) is 0.102. The van der Waals surface area contributed by atoms with Crippen LogP contribution in [0.4, 0.5) is 5.69 Å². The number of rotatable bonds is 10.